The first kappa shape index (κ1) is 16.7. The monoisotopic (exact) mass is 365 g/mol. The standard InChI is InChI=1S/C18H17Cl2NOS/c1-3-16-17(22)21(13-6-4-5-11(2)9-13)18(23-16)14-8-7-12(19)10-15(14)20/h4-10,16,18H,3H2,1-2H3. The van der Waals surface area contributed by atoms with Gasteiger partial charge in [0.1, 0.15) is 5.37 Å². The Labute approximate surface area is 150 Å². The lowest BCUT2D eigenvalue weighted by molar-refractivity contribution is -0.117. The fraction of sp³-hybridized carbons (Fsp3) is 0.278. The molecular formula is C18H17Cl2NOS. The summed E-state index contributed by atoms with van der Waals surface area (Å²) in [4.78, 5) is 14.7. The minimum atomic E-state index is -0.126. The number of carbonyl (C=O) groups is 1. The smallest absolute Gasteiger partial charge is 0.241 e. The molecule has 0 radical (unpaired) electrons. The molecule has 1 heterocycles. The van der Waals surface area contributed by atoms with Gasteiger partial charge in [-0.3, -0.25) is 9.69 Å². The number of aryl methyl sites for hydroxylation is 1. The Kier molecular flexibility index (Phi) is 4.90. The van der Waals surface area contributed by atoms with Crippen LogP contribution >= 0.6 is 35.0 Å². The normalized spacial score (nSPS) is 21.0. The molecule has 2 aromatic rings. The van der Waals surface area contributed by atoms with Crippen LogP contribution < -0.4 is 4.90 Å². The molecule has 0 spiro atoms. The van der Waals surface area contributed by atoms with Gasteiger partial charge in [-0.25, -0.2) is 0 Å². The minimum Gasteiger partial charge on any atom is -0.295 e. The molecule has 2 aromatic carbocycles. The zero-order chi connectivity index (χ0) is 16.6. The van der Waals surface area contributed by atoms with Crippen LogP contribution in [0, 0.1) is 6.92 Å². The van der Waals surface area contributed by atoms with Gasteiger partial charge in [-0.1, -0.05) is 48.3 Å². The second-order valence-electron chi connectivity index (χ2n) is 5.60. The maximum Gasteiger partial charge on any atom is 0.241 e. The zero-order valence-corrected chi connectivity index (χ0v) is 15.3. The second-order valence-corrected chi connectivity index (χ2v) is 7.73. The van der Waals surface area contributed by atoms with Crippen molar-refractivity contribution in [2.24, 2.45) is 0 Å². The van der Waals surface area contributed by atoms with E-state index in [1.807, 2.05) is 55.1 Å². The van der Waals surface area contributed by atoms with Gasteiger partial charge in [0, 0.05) is 21.3 Å². The molecule has 2 unspecified atom stereocenters. The molecule has 0 aromatic heterocycles. The fourth-order valence-corrected chi connectivity index (χ4v) is 4.78. The van der Waals surface area contributed by atoms with Gasteiger partial charge in [0.05, 0.1) is 5.25 Å². The van der Waals surface area contributed by atoms with Crippen LogP contribution in [0.25, 0.3) is 0 Å². The Morgan fingerprint density at radius 3 is 2.61 bits per heavy atom. The molecule has 0 bridgehead atoms. The van der Waals surface area contributed by atoms with Crippen LogP contribution in [0.5, 0.6) is 0 Å². The Bertz CT molecular complexity index is 750. The molecule has 2 atom stereocenters. The van der Waals surface area contributed by atoms with Crippen molar-refractivity contribution in [3.63, 3.8) is 0 Å². The van der Waals surface area contributed by atoms with Crippen LogP contribution in [0.2, 0.25) is 10.0 Å². The molecule has 0 N–H and O–H groups in total. The van der Waals surface area contributed by atoms with Crippen LogP contribution in [0.3, 0.4) is 0 Å². The summed E-state index contributed by atoms with van der Waals surface area (Å²) in [6.45, 7) is 4.06. The van der Waals surface area contributed by atoms with E-state index in [1.165, 1.54) is 0 Å². The number of hydrogen-bond acceptors (Lipinski definition) is 2. The first-order chi connectivity index (χ1) is 11.0. The Balaban J connectivity index is 2.07. The number of anilines is 1. The van der Waals surface area contributed by atoms with Gasteiger partial charge in [-0.2, -0.15) is 0 Å². The Morgan fingerprint density at radius 2 is 1.96 bits per heavy atom. The van der Waals surface area contributed by atoms with E-state index in [1.54, 1.807) is 17.8 Å². The molecule has 1 saturated heterocycles. The summed E-state index contributed by atoms with van der Waals surface area (Å²) in [6, 6.07) is 13.5. The zero-order valence-electron chi connectivity index (χ0n) is 12.9. The summed E-state index contributed by atoms with van der Waals surface area (Å²) in [5.74, 6) is 0.138. The molecular weight excluding hydrogens is 349 g/mol. The van der Waals surface area contributed by atoms with E-state index in [0.29, 0.717) is 10.0 Å². The Hall–Kier alpha value is -1.16. The number of nitrogens with zero attached hydrogens (tertiary/aromatic N) is 1. The lowest BCUT2D eigenvalue weighted by Crippen LogP contribution is -2.30. The third-order valence-corrected chi connectivity index (χ3v) is 6.07. The van der Waals surface area contributed by atoms with Gasteiger partial charge >= 0.3 is 0 Å². The van der Waals surface area contributed by atoms with Gasteiger partial charge in [0.2, 0.25) is 5.91 Å². The number of rotatable bonds is 3. The highest BCUT2D eigenvalue weighted by molar-refractivity contribution is 8.01. The molecule has 5 heteroatoms. The molecule has 0 aliphatic carbocycles. The van der Waals surface area contributed by atoms with E-state index >= 15 is 0 Å². The van der Waals surface area contributed by atoms with Crippen molar-refractivity contribution in [1.82, 2.24) is 0 Å². The van der Waals surface area contributed by atoms with Crippen molar-refractivity contribution in [1.29, 1.82) is 0 Å². The first-order valence-electron chi connectivity index (χ1n) is 7.51. The molecule has 3 rings (SSSR count). The molecule has 0 saturated carbocycles. The van der Waals surface area contributed by atoms with Crippen molar-refractivity contribution in [3.8, 4) is 0 Å². The SMILES string of the molecule is CCC1SC(c2ccc(Cl)cc2Cl)N(c2cccc(C)c2)C1=O. The van der Waals surface area contributed by atoms with Crippen LogP contribution in [-0.2, 0) is 4.79 Å². The van der Waals surface area contributed by atoms with Crippen LogP contribution in [-0.4, -0.2) is 11.2 Å². The predicted octanol–water partition coefficient (Wildman–Crippen LogP) is 5.86. The summed E-state index contributed by atoms with van der Waals surface area (Å²) in [7, 11) is 0. The van der Waals surface area contributed by atoms with E-state index in [-0.39, 0.29) is 16.5 Å². The average Bonchev–Trinajstić information content (AvgIpc) is 2.83. The number of benzene rings is 2. The topological polar surface area (TPSA) is 20.3 Å². The van der Waals surface area contributed by atoms with Crippen molar-refractivity contribution >= 4 is 46.6 Å². The van der Waals surface area contributed by atoms with Gasteiger partial charge in [0.15, 0.2) is 0 Å². The second kappa shape index (κ2) is 6.76. The van der Waals surface area contributed by atoms with E-state index < -0.39 is 0 Å². The number of amides is 1. The maximum atomic E-state index is 12.8. The van der Waals surface area contributed by atoms with Crippen molar-refractivity contribution in [3.05, 3.63) is 63.6 Å². The highest BCUT2D eigenvalue weighted by Crippen LogP contribution is 2.48. The largest absolute Gasteiger partial charge is 0.295 e. The van der Waals surface area contributed by atoms with Gasteiger partial charge < -0.3 is 0 Å². The predicted molar refractivity (Wildman–Crippen MR) is 99.5 cm³/mol. The highest BCUT2D eigenvalue weighted by atomic mass is 35.5. The van der Waals surface area contributed by atoms with Crippen molar-refractivity contribution in [2.45, 2.75) is 30.9 Å². The fourth-order valence-electron chi connectivity index (χ4n) is 2.77. The first-order valence-corrected chi connectivity index (χ1v) is 9.21. The summed E-state index contributed by atoms with van der Waals surface area (Å²) in [6.07, 6.45) is 0.799. The molecule has 1 amide bonds. The van der Waals surface area contributed by atoms with E-state index in [2.05, 4.69) is 0 Å². The van der Waals surface area contributed by atoms with Gasteiger partial charge in [0.25, 0.3) is 0 Å². The minimum absolute atomic E-state index is 0.0488. The quantitative estimate of drug-likeness (QED) is 0.678. The highest BCUT2D eigenvalue weighted by Gasteiger charge is 2.41. The van der Waals surface area contributed by atoms with Crippen molar-refractivity contribution < 1.29 is 4.79 Å². The summed E-state index contributed by atoms with van der Waals surface area (Å²) >= 11 is 14.1. The molecule has 120 valence electrons. The van der Waals surface area contributed by atoms with E-state index in [0.717, 1.165) is 23.2 Å². The molecule has 1 fully saturated rings. The maximum absolute atomic E-state index is 12.8. The van der Waals surface area contributed by atoms with Crippen LogP contribution in [0.1, 0.15) is 29.8 Å². The Morgan fingerprint density at radius 1 is 1.17 bits per heavy atom. The average molecular weight is 366 g/mol. The van der Waals surface area contributed by atoms with E-state index in [4.69, 9.17) is 23.2 Å². The number of carbonyl (C=O) groups excluding carboxylic acids is 1. The van der Waals surface area contributed by atoms with E-state index in [9.17, 15) is 4.79 Å². The number of halogens is 2. The summed E-state index contributed by atoms with van der Waals surface area (Å²) < 4.78 is 0. The molecule has 1 aliphatic rings. The summed E-state index contributed by atoms with van der Waals surface area (Å²) in [5, 5.41) is 1.02. The third-order valence-electron chi connectivity index (χ3n) is 3.92. The van der Waals surface area contributed by atoms with Crippen molar-refractivity contribution in [2.75, 3.05) is 4.90 Å². The summed E-state index contributed by atoms with van der Waals surface area (Å²) in [5.41, 5.74) is 2.96. The van der Waals surface area contributed by atoms with Crippen LogP contribution in [0.4, 0.5) is 5.69 Å². The third kappa shape index (κ3) is 3.23. The molecule has 23 heavy (non-hydrogen) atoms. The van der Waals surface area contributed by atoms with Gasteiger partial charge in [-0.05, 0) is 43.2 Å². The lowest BCUT2D eigenvalue weighted by atomic mass is 10.1. The number of thioether (sulfide) groups is 1. The molecule has 1 aliphatic heterocycles. The molecule has 2 nitrogen and oxygen atoms in total. The van der Waals surface area contributed by atoms with Crippen LogP contribution in [0.15, 0.2) is 42.5 Å². The number of hydrogen-bond donors (Lipinski definition) is 0. The van der Waals surface area contributed by atoms with Gasteiger partial charge in [-0.15, -0.1) is 11.8 Å². The lowest BCUT2D eigenvalue weighted by Gasteiger charge is -2.25.